The molecule has 1 amide bonds. The highest BCUT2D eigenvalue weighted by molar-refractivity contribution is 8.18. The van der Waals surface area contributed by atoms with E-state index in [1.54, 1.807) is 30.2 Å². The normalized spacial score (nSPS) is 17.0. The summed E-state index contributed by atoms with van der Waals surface area (Å²) >= 11 is 13.3. The SMILES string of the molecule is CCCN1C(=O)/C(=C/c2cc(Cl)c(O)c(Cl)c2)SC1=Nc1ccc(OC)cc1. The lowest BCUT2D eigenvalue weighted by atomic mass is 10.2. The van der Waals surface area contributed by atoms with Crippen LogP contribution in [-0.2, 0) is 4.79 Å². The summed E-state index contributed by atoms with van der Waals surface area (Å²) in [6, 6.07) is 10.4. The highest BCUT2D eigenvalue weighted by Crippen LogP contribution is 2.37. The summed E-state index contributed by atoms with van der Waals surface area (Å²) in [5.74, 6) is 0.441. The maximum atomic E-state index is 12.9. The zero-order valence-electron chi connectivity index (χ0n) is 15.3. The van der Waals surface area contributed by atoms with Gasteiger partial charge < -0.3 is 9.84 Å². The highest BCUT2D eigenvalue weighted by Gasteiger charge is 2.32. The van der Waals surface area contributed by atoms with Crippen molar-refractivity contribution >= 4 is 57.8 Å². The molecule has 28 heavy (non-hydrogen) atoms. The van der Waals surface area contributed by atoms with Gasteiger partial charge in [0.1, 0.15) is 5.75 Å². The Morgan fingerprint density at radius 3 is 2.43 bits per heavy atom. The Bertz CT molecular complexity index is 935. The third-order valence-corrected chi connectivity index (χ3v) is 5.55. The van der Waals surface area contributed by atoms with Crippen molar-refractivity contribution in [3.63, 3.8) is 0 Å². The van der Waals surface area contributed by atoms with E-state index in [0.29, 0.717) is 22.2 Å². The molecule has 0 bridgehead atoms. The van der Waals surface area contributed by atoms with Crippen LogP contribution >= 0.6 is 35.0 Å². The fourth-order valence-electron chi connectivity index (χ4n) is 2.60. The van der Waals surface area contributed by atoms with Crippen molar-refractivity contribution in [2.75, 3.05) is 13.7 Å². The Kier molecular flexibility index (Phi) is 6.54. The van der Waals surface area contributed by atoms with E-state index in [9.17, 15) is 9.90 Å². The molecule has 0 atom stereocenters. The van der Waals surface area contributed by atoms with Gasteiger partial charge in [-0.2, -0.15) is 0 Å². The number of amides is 1. The van der Waals surface area contributed by atoms with Gasteiger partial charge >= 0.3 is 0 Å². The Hall–Kier alpha value is -2.15. The Labute approximate surface area is 177 Å². The van der Waals surface area contributed by atoms with Crippen LogP contribution in [0.4, 0.5) is 5.69 Å². The first-order valence-electron chi connectivity index (χ1n) is 8.55. The fraction of sp³-hybridized carbons (Fsp3) is 0.200. The van der Waals surface area contributed by atoms with Crippen LogP contribution in [0.5, 0.6) is 11.5 Å². The highest BCUT2D eigenvalue weighted by atomic mass is 35.5. The molecule has 2 aromatic rings. The standard InChI is InChI=1S/C20H18Cl2N2O3S/c1-3-8-24-19(26)17(11-12-9-15(21)18(25)16(22)10-12)28-20(24)23-13-4-6-14(27-2)7-5-13/h4-7,9-11,25H,3,8H2,1-2H3/b17-11-,23-20?. The van der Waals surface area contributed by atoms with E-state index in [1.165, 1.54) is 11.8 Å². The number of carbonyl (C=O) groups excluding carboxylic acids is 1. The number of rotatable bonds is 5. The van der Waals surface area contributed by atoms with Crippen molar-refractivity contribution in [2.45, 2.75) is 13.3 Å². The van der Waals surface area contributed by atoms with E-state index in [0.717, 1.165) is 17.9 Å². The summed E-state index contributed by atoms with van der Waals surface area (Å²) in [5, 5.41) is 10.6. The van der Waals surface area contributed by atoms with Crippen LogP contribution in [0, 0.1) is 0 Å². The number of nitrogens with zero attached hydrogens (tertiary/aromatic N) is 2. The lowest BCUT2D eigenvalue weighted by molar-refractivity contribution is -0.122. The van der Waals surface area contributed by atoms with E-state index >= 15 is 0 Å². The molecule has 0 unspecified atom stereocenters. The number of benzene rings is 2. The number of hydrogen-bond donors (Lipinski definition) is 1. The zero-order valence-corrected chi connectivity index (χ0v) is 17.6. The minimum absolute atomic E-state index is 0.126. The van der Waals surface area contributed by atoms with Gasteiger partial charge in [-0.25, -0.2) is 4.99 Å². The number of hydrogen-bond acceptors (Lipinski definition) is 5. The molecule has 5 nitrogen and oxygen atoms in total. The van der Waals surface area contributed by atoms with E-state index in [-0.39, 0.29) is 21.7 Å². The van der Waals surface area contributed by atoms with Crippen LogP contribution in [0.2, 0.25) is 10.0 Å². The molecule has 0 spiro atoms. The van der Waals surface area contributed by atoms with Crippen LogP contribution in [0.25, 0.3) is 6.08 Å². The molecule has 0 radical (unpaired) electrons. The quantitative estimate of drug-likeness (QED) is 0.608. The molecular weight excluding hydrogens is 419 g/mol. The van der Waals surface area contributed by atoms with Gasteiger partial charge in [0.15, 0.2) is 10.9 Å². The molecule has 2 aromatic carbocycles. The van der Waals surface area contributed by atoms with Crippen LogP contribution in [0.15, 0.2) is 46.3 Å². The average Bonchev–Trinajstić information content (AvgIpc) is 2.96. The number of aromatic hydroxyl groups is 1. The Morgan fingerprint density at radius 2 is 1.86 bits per heavy atom. The summed E-state index contributed by atoms with van der Waals surface area (Å²) in [7, 11) is 1.61. The number of aliphatic imine (C=N–C) groups is 1. The molecule has 8 heteroatoms. The Balaban J connectivity index is 1.94. The summed E-state index contributed by atoms with van der Waals surface area (Å²) in [5.41, 5.74) is 1.36. The van der Waals surface area contributed by atoms with Crippen LogP contribution < -0.4 is 4.74 Å². The first-order valence-corrected chi connectivity index (χ1v) is 10.1. The number of phenolic OH excluding ortho intramolecular Hbond substituents is 1. The second kappa shape index (κ2) is 8.90. The van der Waals surface area contributed by atoms with Crippen LogP contribution in [-0.4, -0.2) is 34.7 Å². The van der Waals surface area contributed by atoms with Gasteiger partial charge in [-0.3, -0.25) is 9.69 Å². The molecule has 1 aliphatic heterocycles. The maximum absolute atomic E-state index is 12.9. The first-order chi connectivity index (χ1) is 13.4. The topological polar surface area (TPSA) is 62.1 Å². The number of halogens is 2. The molecule has 3 rings (SSSR count). The van der Waals surface area contributed by atoms with Gasteiger partial charge in [0, 0.05) is 6.54 Å². The number of amidine groups is 1. The van der Waals surface area contributed by atoms with Crippen LogP contribution in [0.3, 0.4) is 0 Å². The second-order valence-corrected chi connectivity index (χ2v) is 7.82. The van der Waals surface area contributed by atoms with Crippen molar-refractivity contribution in [3.8, 4) is 11.5 Å². The average molecular weight is 437 g/mol. The van der Waals surface area contributed by atoms with Crippen molar-refractivity contribution in [3.05, 3.63) is 56.9 Å². The van der Waals surface area contributed by atoms with Gasteiger partial charge in [0.25, 0.3) is 5.91 Å². The lowest BCUT2D eigenvalue weighted by Crippen LogP contribution is -2.29. The molecule has 1 fully saturated rings. The molecular formula is C20H18Cl2N2O3S. The summed E-state index contributed by atoms with van der Waals surface area (Å²) in [6.07, 6.45) is 2.50. The van der Waals surface area contributed by atoms with E-state index in [1.807, 2.05) is 31.2 Å². The molecule has 146 valence electrons. The number of phenols is 1. The smallest absolute Gasteiger partial charge is 0.266 e. The number of carbonyl (C=O) groups is 1. The zero-order chi connectivity index (χ0) is 20.3. The summed E-state index contributed by atoms with van der Waals surface area (Å²) in [6.45, 7) is 2.57. The third kappa shape index (κ3) is 4.46. The molecule has 0 aromatic heterocycles. The fourth-order valence-corrected chi connectivity index (χ4v) is 4.13. The molecule has 0 saturated carbocycles. The molecule has 0 aliphatic carbocycles. The largest absolute Gasteiger partial charge is 0.505 e. The molecule has 1 N–H and O–H groups in total. The monoisotopic (exact) mass is 436 g/mol. The molecule has 1 saturated heterocycles. The van der Waals surface area contributed by atoms with Gasteiger partial charge in [0.2, 0.25) is 0 Å². The van der Waals surface area contributed by atoms with Crippen molar-refractivity contribution in [1.29, 1.82) is 0 Å². The van der Waals surface area contributed by atoms with Crippen molar-refractivity contribution < 1.29 is 14.6 Å². The van der Waals surface area contributed by atoms with E-state index in [4.69, 9.17) is 27.9 Å². The van der Waals surface area contributed by atoms with Gasteiger partial charge in [-0.15, -0.1) is 0 Å². The maximum Gasteiger partial charge on any atom is 0.266 e. The third-order valence-electron chi connectivity index (χ3n) is 3.97. The van der Waals surface area contributed by atoms with Crippen LogP contribution in [0.1, 0.15) is 18.9 Å². The summed E-state index contributed by atoms with van der Waals surface area (Å²) < 4.78 is 5.16. The number of thioether (sulfide) groups is 1. The minimum Gasteiger partial charge on any atom is -0.505 e. The lowest BCUT2D eigenvalue weighted by Gasteiger charge is -2.14. The molecule has 1 heterocycles. The molecule has 1 aliphatic rings. The predicted octanol–water partition coefficient (Wildman–Crippen LogP) is 5.72. The predicted molar refractivity (Wildman–Crippen MR) is 116 cm³/mol. The first kappa shape index (κ1) is 20.6. The van der Waals surface area contributed by atoms with Gasteiger partial charge in [-0.05, 0) is 66.2 Å². The van der Waals surface area contributed by atoms with Crippen molar-refractivity contribution in [2.24, 2.45) is 4.99 Å². The number of methoxy groups -OCH3 is 1. The Morgan fingerprint density at radius 1 is 1.21 bits per heavy atom. The van der Waals surface area contributed by atoms with Crippen molar-refractivity contribution in [1.82, 2.24) is 4.90 Å². The van der Waals surface area contributed by atoms with E-state index in [2.05, 4.69) is 4.99 Å². The van der Waals surface area contributed by atoms with Gasteiger partial charge in [0.05, 0.1) is 27.7 Å². The summed E-state index contributed by atoms with van der Waals surface area (Å²) in [4.78, 5) is 19.6. The second-order valence-electron chi connectivity index (χ2n) is 5.99. The van der Waals surface area contributed by atoms with Gasteiger partial charge in [-0.1, -0.05) is 30.1 Å². The van der Waals surface area contributed by atoms with E-state index < -0.39 is 0 Å². The minimum atomic E-state index is -0.176. The number of ether oxygens (including phenoxy) is 1.